The van der Waals surface area contributed by atoms with E-state index in [0.29, 0.717) is 13.2 Å². The van der Waals surface area contributed by atoms with Gasteiger partial charge in [0.25, 0.3) is 0 Å². The van der Waals surface area contributed by atoms with Crippen LogP contribution in [0.25, 0.3) is 0 Å². The Hall–Kier alpha value is -1.18. The molecule has 0 bridgehead atoms. The van der Waals surface area contributed by atoms with Gasteiger partial charge in [0, 0.05) is 20.8 Å². The molecule has 0 saturated carbocycles. The van der Waals surface area contributed by atoms with Crippen LogP contribution in [0.5, 0.6) is 0 Å². The van der Waals surface area contributed by atoms with Crippen LogP contribution >= 0.6 is 0 Å². The van der Waals surface area contributed by atoms with Crippen LogP contribution in [0.3, 0.4) is 0 Å². The van der Waals surface area contributed by atoms with Gasteiger partial charge in [0.15, 0.2) is 0 Å². The average molecular weight is 317 g/mol. The molecule has 0 radical (unpaired) electrons. The Morgan fingerprint density at radius 1 is 1.23 bits per heavy atom. The van der Waals surface area contributed by atoms with Gasteiger partial charge in [-0.1, -0.05) is 0 Å². The zero-order valence-electron chi connectivity index (χ0n) is 14.0. The third-order valence-electron chi connectivity index (χ3n) is 3.35. The molecule has 7 heteroatoms. The number of carbonyl (C=O) groups excluding carboxylic acids is 2. The third kappa shape index (κ3) is 5.23. The van der Waals surface area contributed by atoms with E-state index in [2.05, 4.69) is 0 Å². The molecular weight excluding hydrogens is 290 g/mol. The number of aldehydes is 1. The minimum absolute atomic E-state index is 0.268. The molecule has 0 aromatic carbocycles. The van der Waals surface area contributed by atoms with Gasteiger partial charge in [0.2, 0.25) is 0 Å². The largest absolute Gasteiger partial charge is 0.444 e. The van der Waals surface area contributed by atoms with E-state index in [9.17, 15) is 9.59 Å². The monoisotopic (exact) mass is 317 g/mol. The maximum absolute atomic E-state index is 12.3. The summed E-state index contributed by atoms with van der Waals surface area (Å²) in [7, 11) is 3.13. The zero-order valence-corrected chi connectivity index (χ0v) is 14.0. The van der Waals surface area contributed by atoms with E-state index in [1.54, 1.807) is 35.0 Å². The first-order chi connectivity index (χ1) is 10.3. The predicted octanol–water partition coefficient (Wildman–Crippen LogP) is 1.10. The van der Waals surface area contributed by atoms with Gasteiger partial charge < -0.3 is 23.7 Å². The average Bonchev–Trinajstić information content (AvgIpc) is 2.76. The summed E-state index contributed by atoms with van der Waals surface area (Å²) >= 11 is 0. The van der Waals surface area contributed by atoms with Crippen molar-refractivity contribution in [3.05, 3.63) is 0 Å². The fourth-order valence-corrected chi connectivity index (χ4v) is 2.44. The molecule has 0 aliphatic carbocycles. The van der Waals surface area contributed by atoms with Crippen LogP contribution in [0.1, 0.15) is 20.8 Å². The van der Waals surface area contributed by atoms with E-state index in [0.717, 1.165) is 6.29 Å². The molecule has 128 valence electrons. The minimum Gasteiger partial charge on any atom is -0.444 e. The van der Waals surface area contributed by atoms with Crippen LogP contribution in [0.2, 0.25) is 0 Å². The lowest BCUT2D eigenvalue weighted by Crippen LogP contribution is -2.45. The molecule has 1 aliphatic rings. The third-order valence-corrected chi connectivity index (χ3v) is 3.35. The summed E-state index contributed by atoms with van der Waals surface area (Å²) in [5, 5.41) is 0. The molecular formula is C15H27NO6. The first-order valence-electron chi connectivity index (χ1n) is 7.38. The Kier molecular flexibility index (Phi) is 7.25. The van der Waals surface area contributed by atoms with Crippen molar-refractivity contribution in [2.75, 3.05) is 40.6 Å². The highest BCUT2D eigenvalue weighted by Crippen LogP contribution is 2.27. The molecule has 1 saturated heterocycles. The first-order valence-corrected chi connectivity index (χ1v) is 7.38. The van der Waals surface area contributed by atoms with Crippen molar-refractivity contribution in [1.29, 1.82) is 0 Å². The van der Waals surface area contributed by atoms with Crippen LogP contribution in [-0.2, 0) is 23.7 Å². The van der Waals surface area contributed by atoms with E-state index in [1.807, 2.05) is 0 Å². The number of rotatable bonds is 7. The summed E-state index contributed by atoms with van der Waals surface area (Å²) in [6.07, 6.45) is -0.0517. The van der Waals surface area contributed by atoms with Crippen molar-refractivity contribution in [2.24, 2.45) is 5.92 Å². The summed E-state index contributed by atoms with van der Waals surface area (Å²) < 4.78 is 21.3. The van der Waals surface area contributed by atoms with E-state index < -0.39 is 23.7 Å². The second kappa shape index (κ2) is 8.45. The highest BCUT2D eigenvalue weighted by atomic mass is 16.6. The molecule has 7 nitrogen and oxygen atoms in total. The molecule has 22 heavy (non-hydrogen) atoms. The molecule has 1 aliphatic heterocycles. The van der Waals surface area contributed by atoms with E-state index in [1.165, 1.54) is 4.90 Å². The summed E-state index contributed by atoms with van der Waals surface area (Å²) in [4.78, 5) is 25.2. The standard InChI is InChI=1S/C15H27NO6/c1-15(2,3)22-14(18)16-8-11(9-17)13(12(16)10-20-5)21-7-6-19-4/h9,11-13H,6-8,10H2,1-5H3/t11-,12+,13+/m0/s1. The van der Waals surface area contributed by atoms with Gasteiger partial charge in [-0.2, -0.15) is 0 Å². The highest BCUT2D eigenvalue weighted by molar-refractivity contribution is 5.71. The summed E-state index contributed by atoms with van der Waals surface area (Å²) in [6, 6.07) is -0.355. The van der Waals surface area contributed by atoms with Crippen LogP contribution in [-0.4, -0.2) is 75.6 Å². The van der Waals surface area contributed by atoms with Crippen LogP contribution in [0.4, 0.5) is 4.79 Å². The second-order valence-corrected chi connectivity index (χ2v) is 6.28. The second-order valence-electron chi connectivity index (χ2n) is 6.28. The fourth-order valence-electron chi connectivity index (χ4n) is 2.44. The molecule has 1 amide bonds. The van der Waals surface area contributed by atoms with Crippen LogP contribution in [0, 0.1) is 5.92 Å². The number of hydrogen-bond acceptors (Lipinski definition) is 6. The van der Waals surface area contributed by atoms with E-state index >= 15 is 0 Å². The molecule has 0 aromatic rings. The number of carbonyl (C=O) groups is 2. The lowest BCUT2D eigenvalue weighted by atomic mass is 10.0. The molecule has 0 unspecified atom stereocenters. The Balaban J connectivity index is 2.83. The number of ether oxygens (including phenoxy) is 4. The zero-order chi connectivity index (χ0) is 16.8. The van der Waals surface area contributed by atoms with E-state index in [-0.39, 0.29) is 19.2 Å². The highest BCUT2D eigenvalue weighted by Gasteiger charge is 2.46. The maximum atomic E-state index is 12.3. The van der Waals surface area contributed by atoms with Crippen molar-refractivity contribution in [3.63, 3.8) is 0 Å². The van der Waals surface area contributed by atoms with Crippen molar-refractivity contribution in [1.82, 2.24) is 4.90 Å². The van der Waals surface area contributed by atoms with Crippen molar-refractivity contribution < 1.29 is 28.5 Å². The molecule has 0 N–H and O–H groups in total. The molecule has 1 fully saturated rings. The Morgan fingerprint density at radius 3 is 2.41 bits per heavy atom. The Bertz CT molecular complexity index is 368. The fraction of sp³-hybridized carbons (Fsp3) is 0.867. The number of methoxy groups -OCH3 is 2. The molecule has 3 atom stereocenters. The lowest BCUT2D eigenvalue weighted by Gasteiger charge is -2.30. The Morgan fingerprint density at radius 2 is 1.91 bits per heavy atom. The summed E-state index contributed by atoms with van der Waals surface area (Å²) in [5.41, 5.74) is -0.597. The van der Waals surface area contributed by atoms with Gasteiger partial charge in [-0.3, -0.25) is 4.90 Å². The predicted molar refractivity (Wildman–Crippen MR) is 79.8 cm³/mol. The number of nitrogens with zero attached hydrogens (tertiary/aromatic N) is 1. The number of amides is 1. The molecule has 1 heterocycles. The SMILES string of the molecule is COCCO[C@@H]1[C@H](C=O)CN(C(=O)OC(C)(C)C)[C@@H]1COC. The summed E-state index contributed by atoms with van der Waals surface area (Å²) in [5.74, 6) is -0.399. The van der Waals surface area contributed by atoms with Crippen molar-refractivity contribution >= 4 is 12.4 Å². The normalized spacial score (nSPS) is 25.3. The maximum Gasteiger partial charge on any atom is 0.410 e. The smallest absolute Gasteiger partial charge is 0.410 e. The van der Waals surface area contributed by atoms with Crippen molar-refractivity contribution in [2.45, 2.75) is 38.5 Å². The molecule has 0 aromatic heterocycles. The number of likely N-dealkylation sites (tertiary alicyclic amines) is 1. The number of hydrogen-bond donors (Lipinski definition) is 0. The first kappa shape index (κ1) is 18.9. The lowest BCUT2D eigenvalue weighted by molar-refractivity contribution is -0.115. The van der Waals surface area contributed by atoms with Gasteiger partial charge in [-0.05, 0) is 20.8 Å². The topological polar surface area (TPSA) is 74.3 Å². The van der Waals surface area contributed by atoms with Gasteiger partial charge >= 0.3 is 6.09 Å². The van der Waals surface area contributed by atoms with Crippen molar-refractivity contribution in [3.8, 4) is 0 Å². The van der Waals surface area contributed by atoms with Gasteiger partial charge in [-0.15, -0.1) is 0 Å². The van der Waals surface area contributed by atoms with Crippen LogP contribution < -0.4 is 0 Å². The van der Waals surface area contributed by atoms with E-state index in [4.69, 9.17) is 18.9 Å². The molecule has 1 rings (SSSR count). The van der Waals surface area contributed by atoms with Gasteiger partial charge in [0.05, 0.1) is 37.9 Å². The summed E-state index contributed by atoms with van der Waals surface area (Å²) in [6.45, 7) is 6.73. The minimum atomic E-state index is -0.597. The van der Waals surface area contributed by atoms with Gasteiger partial charge in [0.1, 0.15) is 11.9 Å². The van der Waals surface area contributed by atoms with Gasteiger partial charge in [-0.25, -0.2) is 4.79 Å². The molecule has 0 spiro atoms. The quantitative estimate of drug-likeness (QED) is 0.517. The Labute approximate surface area is 131 Å². The van der Waals surface area contributed by atoms with Crippen LogP contribution in [0.15, 0.2) is 0 Å².